The van der Waals surface area contributed by atoms with Crippen LogP contribution in [0.1, 0.15) is 13.3 Å². The van der Waals surface area contributed by atoms with Crippen molar-refractivity contribution in [3.63, 3.8) is 0 Å². The normalized spacial score (nSPS) is 25.4. The molecule has 1 saturated heterocycles. The SMILES string of the molecule is C[C@@H]1OC(=O)C[C@H]1S(=O)(=O)c1ccccc1. The lowest BCUT2D eigenvalue weighted by Gasteiger charge is -2.13. The molecule has 5 heteroatoms. The molecule has 0 bridgehead atoms. The number of hydrogen-bond acceptors (Lipinski definition) is 4. The first-order valence-corrected chi connectivity index (χ1v) is 6.55. The van der Waals surface area contributed by atoms with E-state index in [1.807, 2.05) is 0 Å². The fourth-order valence-corrected chi connectivity index (χ4v) is 3.61. The van der Waals surface area contributed by atoms with Gasteiger partial charge in [-0.25, -0.2) is 8.42 Å². The molecule has 1 aromatic carbocycles. The van der Waals surface area contributed by atoms with Gasteiger partial charge >= 0.3 is 5.97 Å². The summed E-state index contributed by atoms with van der Waals surface area (Å²) >= 11 is 0. The highest BCUT2D eigenvalue weighted by atomic mass is 32.2. The van der Waals surface area contributed by atoms with Gasteiger partial charge in [0, 0.05) is 0 Å². The van der Waals surface area contributed by atoms with Crippen LogP contribution in [0.2, 0.25) is 0 Å². The van der Waals surface area contributed by atoms with Crippen molar-refractivity contribution in [3.8, 4) is 0 Å². The molecule has 1 aromatic rings. The van der Waals surface area contributed by atoms with Gasteiger partial charge < -0.3 is 4.74 Å². The average molecular weight is 240 g/mol. The number of hydrogen-bond donors (Lipinski definition) is 0. The maximum Gasteiger partial charge on any atom is 0.307 e. The van der Waals surface area contributed by atoms with E-state index in [0.29, 0.717) is 0 Å². The van der Waals surface area contributed by atoms with E-state index in [9.17, 15) is 13.2 Å². The van der Waals surface area contributed by atoms with Crippen LogP contribution in [-0.2, 0) is 19.4 Å². The minimum Gasteiger partial charge on any atom is -0.461 e. The topological polar surface area (TPSA) is 60.4 Å². The molecule has 0 unspecified atom stereocenters. The van der Waals surface area contributed by atoms with E-state index in [-0.39, 0.29) is 11.3 Å². The van der Waals surface area contributed by atoms with Gasteiger partial charge in [0.05, 0.1) is 11.3 Å². The Hall–Kier alpha value is -1.36. The molecule has 1 aliphatic heterocycles. The van der Waals surface area contributed by atoms with Gasteiger partial charge in [0.2, 0.25) is 0 Å². The Morgan fingerprint density at radius 1 is 1.25 bits per heavy atom. The number of esters is 1. The fraction of sp³-hybridized carbons (Fsp3) is 0.364. The lowest BCUT2D eigenvalue weighted by Crippen LogP contribution is -2.27. The summed E-state index contributed by atoms with van der Waals surface area (Å²) in [5, 5.41) is -0.762. The Kier molecular flexibility index (Phi) is 2.71. The van der Waals surface area contributed by atoms with Gasteiger partial charge in [-0.3, -0.25) is 4.79 Å². The van der Waals surface area contributed by atoms with Crippen molar-refractivity contribution in [1.29, 1.82) is 0 Å². The van der Waals surface area contributed by atoms with Crippen molar-refractivity contribution in [2.45, 2.75) is 29.6 Å². The van der Waals surface area contributed by atoms with E-state index in [0.717, 1.165) is 0 Å². The second-order valence-corrected chi connectivity index (χ2v) is 5.96. The molecule has 86 valence electrons. The molecule has 0 N–H and O–H groups in total. The summed E-state index contributed by atoms with van der Waals surface area (Å²) < 4.78 is 29.2. The molecule has 0 saturated carbocycles. The second-order valence-electron chi connectivity index (χ2n) is 3.80. The predicted molar refractivity (Wildman–Crippen MR) is 57.6 cm³/mol. The Balaban J connectivity index is 2.37. The molecule has 4 nitrogen and oxygen atoms in total. The van der Waals surface area contributed by atoms with Crippen LogP contribution >= 0.6 is 0 Å². The van der Waals surface area contributed by atoms with Crippen LogP contribution in [0, 0.1) is 0 Å². The molecule has 0 radical (unpaired) electrons. The third-order valence-corrected chi connectivity index (χ3v) is 4.96. The lowest BCUT2D eigenvalue weighted by molar-refractivity contribution is -0.140. The first-order valence-electron chi connectivity index (χ1n) is 5.00. The zero-order valence-electron chi connectivity index (χ0n) is 8.79. The number of sulfone groups is 1. The molecule has 0 aromatic heterocycles. The number of ether oxygens (including phenoxy) is 1. The van der Waals surface area contributed by atoms with Crippen LogP contribution in [-0.4, -0.2) is 25.7 Å². The number of rotatable bonds is 2. The zero-order chi connectivity index (χ0) is 11.8. The Bertz CT molecular complexity index is 492. The van der Waals surface area contributed by atoms with Gasteiger partial charge in [-0.15, -0.1) is 0 Å². The lowest BCUT2D eigenvalue weighted by atomic mass is 10.2. The Labute approximate surface area is 94.2 Å². The molecule has 1 heterocycles. The molecular formula is C11H12O4S. The van der Waals surface area contributed by atoms with E-state index in [1.165, 1.54) is 12.1 Å². The highest BCUT2D eigenvalue weighted by Crippen LogP contribution is 2.27. The van der Waals surface area contributed by atoms with Crippen molar-refractivity contribution in [1.82, 2.24) is 0 Å². The Morgan fingerprint density at radius 2 is 1.88 bits per heavy atom. The van der Waals surface area contributed by atoms with E-state index in [2.05, 4.69) is 0 Å². The number of carbonyl (C=O) groups excluding carboxylic acids is 1. The summed E-state index contributed by atoms with van der Waals surface area (Å²) in [5.74, 6) is -0.447. The summed E-state index contributed by atoms with van der Waals surface area (Å²) in [6.07, 6.45) is -0.629. The van der Waals surface area contributed by atoms with Crippen LogP contribution in [0.4, 0.5) is 0 Å². The highest BCUT2D eigenvalue weighted by Gasteiger charge is 2.41. The van der Waals surface area contributed by atoms with E-state index >= 15 is 0 Å². The molecule has 2 rings (SSSR count). The average Bonchev–Trinajstić information content (AvgIpc) is 2.60. The second kappa shape index (κ2) is 3.90. The summed E-state index contributed by atoms with van der Waals surface area (Å²) in [5.41, 5.74) is 0. The van der Waals surface area contributed by atoms with Crippen LogP contribution in [0.3, 0.4) is 0 Å². The van der Waals surface area contributed by atoms with Crippen LogP contribution < -0.4 is 0 Å². The van der Waals surface area contributed by atoms with Crippen molar-refractivity contribution in [2.24, 2.45) is 0 Å². The van der Waals surface area contributed by atoms with Gasteiger partial charge in [0.25, 0.3) is 0 Å². The third kappa shape index (κ3) is 1.82. The van der Waals surface area contributed by atoms with Gasteiger partial charge in [-0.2, -0.15) is 0 Å². The van der Waals surface area contributed by atoms with Gasteiger partial charge in [0.1, 0.15) is 11.4 Å². The number of cyclic esters (lactones) is 1. The molecular weight excluding hydrogens is 228 g/mol. The predicted octanol–water partition coefficient (Wildman–Crippen LogP) is 1.16. The largest absolute Gasteiger partial charge is 0.461 e. The zero-order valence-corrected chi connectivity index (χ0v) is 9.61. The summed E-state index contributed by atoms with van der Waals surface area (Å²) in [6, 6.07) is 8.14. The molecule has 0 amide bonds. The van der Waals surface area contributed by atoms with Crippen molar-refractivity contribution >= 4 is 15.8 Å². The summed E-state index contributed by atoms with van der Waals surface area (Å²) in [7, 11) is -3.47. The first kappa shape index (κ1) is 11.1. The minimum atomic E-state index is -3.47. The minimum absolute atomic E-state index is 0.0571. The first-order chi connectivity index (χ1) is 7.51. The van der Waals surface area contributed by atoms with Crippen molar-refractivity contribution in [3.05, 3.63) is 30.3 Å². The molecule has 16 heavy (non-hydrogen) atoms. The summed E-state index contributed by atoms with van der Waals surface area (Å²) in [6.45, 7) is 1.61. The monoisotopic (exact) mass is 240 g/mol. The van der Waals surface area contributed by atoms with Crippen molar-refractivity contribution < 1.29 is 17.9 Å². The van der Waals surface area contributed by atoms with E-state index in [4.69, 9.17) is 4.74 Å². The molecule has 1 fully saturated rings. The van der Waals surface area contributed by atoms with Gasteiger partial charge in [-0.05, 0) is 19.1 Å². The smallest absolute Gasteiger partial charge is 0.307 e. The molecule has 1 aliphatic rings. The third-order valence-electron chi connectivity index (χ3n) is 2.68. The standard InChI is InChI=1S/C11H12O4S/c1-8-10(7-11(12)15-8)16(13,14)9-5-3-2-4-6-9/h2-6,8,10H,7H2,1H3/t8-,10+/m0/s1. The quantitative estimate of drug-likeness (QED) is 0.728. The Morgan fingerprint density at radius 3 is 2.38 bits per heavy atom. The van der Waals surface area contributed by atoms with Crippen LogP contribution in [0.5, 0.6) is 0 Å². The molecule has 0 aliphatic carbocycles. The maximum atomic E-state index is 12.2. The maximum absolute atomic E-state index is 12.2. The van der Waals surface area contributed by atoms with E-state index < -0.39 is 27.2 Å². The summed E-state index contributed by atoms with van der Waals surface area (Å²) in [4.78, 5) is 11.3. The van der Waals surface area contributed by atoms with Crippen LogP contribution in [0.25, 0.3) is 0 Å². The number of carbonyl (C=O) groups is 1. The number of benzene rings is 1. The molecule has 2 atom stereocenters. The van der Waals surface area contributed by atoms with Gasteiger partial charge in [-0.1, -0.05) is 18.2 Å². The van der Waals surface area contributed by atoms with E-state index in [1.54, 1.807) is 25.1 Å². The fourth-order valence-electron chi connectivity index (χ4n) is 1.81. The van der Waals surface area contributed by atoms with Crippen LogP contribution in [0.15, 0.2) is 35.2 Å². The highest BCUT2D eigenvalue weighted by molar-refractivity contribution is 7.92. The van der Waals surface area contributed by atoms with Crippen molar-refractivity contribution in [2.75, 3.05) is 0 Å². The van der Waals surface area contributed by atoms with Gasteiger partial charge in [0.15, 0.2) is 9.84 Å². The molecule has 0 spiro atoms.